The van der Waals surface area contributed by atoms with E-state index in [0.29, 0.717) is 5.41 Å². The fourth-order valence-corrected chi connectivity index (χ4v) is 5.30. The highest BCUT2D eigenvalue weighted by atomic mass is 15.1. The van der Waals surface area contributed by atoms with Gasteiger partial charge in [0, 0.05) is 11.1 Å². The molecule has 16 heavy (non-hydrogen) atoms. The van der Waals surface area contributed by atoms with Crippen molar-refractivity contribution in [1.29, 1.82) is 0 Å². The number of aromatic nitrogens is 2. The van der Waals surface area contributed by atoms with Gasteiger partial charge in [0.1, 0.15) is 0 Å². The lowest BCUT2D eigenvalue weighted by Crippen LogP contribution is -2.49. The van der Waals surface area contributed by atoms with Crippen molar-refractivity contribution in [3.05, 3.63) is 17.5 Å². The molecule has 4 saturated carbocycles. The highest BCUT2D eigenvalue weighted by molar-refractivity contribution is 5.28. The molecule has 0 aromatic carbocycles. The van der Waals surface area contributed by atoms with Crippen molar-refractivity contribution in [2.24, 2.45) is 17.8 Å². The summed E-state index contributed by atoms with van der Waals surface area (Å²) in [6.45, 7) is 2.22. The molecule has 4 bridgehead atoms. The molecule has 2 nitrogen and oxygen atoms in total. The van der Waals surface area contributed by atoms with Crippen LogP contribution in [-0.2, 0) is 5.41 Å². The quantitative estimate of drug-likeness (QED) is 0.767. The molecule has 0 saturated heterocycles. The van der Waals surface area contributed by atoms with Crippen molar-refractivity contribution >= 4 is 0 Å². The van der Waals surface area contributed by atoms with Crippen LogP contribution in [0.3, 0.4) is 0 Å². The normalized spacial score (nSPS) is 45.2. The molecule has 2 heteroatoms. The van der Waals surface area contributed by atoms with E-state index in [-0.39, 0.29) is 0 Å². The molecule has 4 fully saturated rings. The lowest BCUT2D eigenvalue weighted by atomic mass is 9.48. The van der Waals surface area contributed by atoms with E-state index in [2.05, 4.69) is 17.1 Å². The Balaban J connectivity index is 1.79. The van der Waals surface area contributed by atoms with Crippen molar-refractivity contribution < 1.29 is 0 Å². The van der Waals surface area contributed by atoms with E-state index >= 15 is 0 Å². The first-order valence-corrected chi connectivity index (χ1v) is 6.76. The molecule has 1 N–H and O–H groups in total. The van der Waals surface area contributed by atoms with Crippen LogP contribution < -0.4 is 0 Å². The summed E-state index contributed by atoms with van der Waals surface area (Å²) in [5.74, 6) is 3.07. The number of aromatic amines is 1. The van der Waals surface area contributed by atoms with Gasteiger partial charge in [-0.1, -0.05) is 0 Å². The summed E-state index contributed by atoms with van der Waals surface area (Å²) in [6.07, 6.45) is 10.9. The van der Waals surface area contributed by atoms with Crippen LogP contribution in [0.1, 0.15) is 49.8 Å². The zero-order valence-electron chi connectivity index (χ0n) is 10.00. The van der Waals surface area contributed by atoms with Gasteiger partial charge in [0.2, 0.25) is 0 Å². The summed E-state index contributed by atoms with van der Waals surface area (Å²) in [6, 6.07) is 0. The van der Waals surface area contributed by atoms with Gasteiger partial charge >= 0.3 is 0 Å². The van der Waals surface area contributed by atoms with Crippen LogP contribution in [0.15, 0.2) is 6.20 Å². The van der Waals surface area contributed by atoms with E-state index in [1.165, 1.54) is 49.8 Å². The molecule has 1 heterocycles. The summed E-state index contributed by atoms with van der Waals surface area (Å²) in [5, 5.41) is 7.57. The van der Waals surface area contributed by atoms with Crippen LogP contribution >= 0.6 is 0 Å². The number of H-pyrrole nitrogens is 1. The van der Waals surface area contributed by atoms with E-state index in [1.807, 2.05) is 6.20 Å². The van der Waals surface area contributed by atoms with Crippen molar-refractivity contribution in [3.8, 4) is 0 Å². The highest BCUT2D eigenvalue weighted by Gasteiger charge is 2.52. The standard InChI is InChI=1S/C14H20N2/c1-9-8-15-16-13(9)14-5-10-2-11(6-14)4-12(3-10)7-14/h8,10-12H,2-7H2,1H3,(H,15,16). The van der Waals surface area contributed by atoms with E-state index in [1.54, 1.807) is 0 Å². The minimum Gasteiger partial charge on any atom is -0.282 e. The van der Waals surface area contributed by atoms with Gasteiger partial charge in [0.15, 0.2) is 0 Å². The third-order valence-electron chi connectivity index (χ3n) is 5.40. The second-order valence-corrected chi connectivity index (χ2v) is 6.63. The fourth-order valence-electron chi connectivity index (χ4n) is 5.30. The number of rotatable bonds is 1. The number of nitrogens with one attached hydrogen (secondary N) is 1. The smallest absolute Gasteiger partial charge is 0.0519 e. The van der Waals surface area contributed by atoms with Crippen LogP contribution in [0.4, 0.5) is 0 Å². The predicted molar refractivity (Wildman–Crippen MR) is 63.2 cm³/mol. The Labute approximate surface area is 96.8 Å². The number of aryl methyl sites for hydroxylation is 1. The molecule has 4 aliphatic rings. The van der Waals surface area contributed by atoms with Gasteiger partial charge in [-0.3, -0.25) is 5.10 Å². The molecule has 0 unspecified atom stereocenters. The minimum atomic E-state index is 0.495. The Morgan fingerprint density at radius 1 is 1.12 bits per heavy atom. The minimum absolute atomic E-state index is 0.495. The van der Waals surface area contributed by atoms with Crippen molar-refractivity contribution in [2.75, 3.05) is 0 Å². The molecule has 4 aliphatic carbocycles. The highest BCUT2D eigenvalue weighted by Crippen LogP contribution is 2.60. The monoisotopic (exact) mass is 216 g/mol. The topological polar surface area (TPSA) is 28.7 Å². The maximum absolute atomic E-state index is 4.25. The fraction of sp³-hybridized carbons (Fsp3) is 0.786. The Kier molecular flexibility index (Phi) is 1.68. The molecule has 0 radical (unpaired) electrons. The van der Waals surface area contributed by atoms with E-state index in [4.69, 9.17) is 0 Å². The summed E-state index contributed by atoms with van der Waals surface area (Å²) in [4.78, 5) is 0. The van der Waals surface area contributed by atoms with Gasteiger partial charge < -0.3 is 0 Å². The second-order valence-electron chi connectivity index (χ2n) is 6.63. The molecule has 0 aliphatic heterocycles. The Morgan fingerprint density at radius 2 is 1.69 bits per heavy atom. The zero-order chi connectivity index (χ0) is 10.8. The summed E-state index contributed by atoms with van der Waals surface area (Å²) >= 11 is 0. The van der Waals surface area contributed by atoms with Crippen LogP contribution in [0.25, 0.3) is 0 Å². The van der Waals surface area contributed by atoms with E-state index in [9.17, 15) is 0 Å². The van der Waals surface area contributed by atoms with Gasteiger partial charge in [-0.05, 0) is 68.8 Å². The van der Waals surface area contributed by atoms with E-state index < -0.39 is 0 Å². The number of hydrogen-bond acceptors (Lipinski definition) is 1. The first-order valence-electron chi connectivity index (χ1n) is 6.76. The molecular formula is C14H20N2. The van der Waals surface area contributed by atoms with Crippen LogP contribution in [-0.4, -0.2) is 10.2 Å². The maximum Gasteiger partial charge on any atom is 0.0519 e. The molecule has 0 spiro atoms. The first kappa shape index (κ1) is 9.26. The third kappa shape index (κ3) is 1.11. The average molecular weight is 216 g/mol. The Morgan fingerprint density at radius 3 is 2.12 bits per heavy atom. The third-order valence-corrected chi connectivity index (χ3v) is 5.40. The number of hydrogen-bond donors (Lipinski definition) is 1. The molecular weight excluding hydrogens is 196 g/mol. The summed E-state index contributed by atoms with van der Waals surface area (Å²) < 4.78 is 0. The molecule has 5 rings (SSSR count). The van der Waals surface area contributed by atoms with Crippen LogP contribution in [0.5, 0.6) is 0 Å². The van der Waals surface area contributed by atoms with Crippen LogP contribution in [0, 0.1) is 24.7 Å². The SMILES string of the molecule is Cc1cn[nH]c1C12CC3CC(CC(C3)C1)C2. The van der Waals surface area contributed by atoms with Gasteiger partial charge in [0.25, 0.3) is 0 Å². The molecule has 1 aromatic rings. The van der Waals surface area contributed by atoms with Gasteiger partial charge in [-0.25, -0.2) is 0 Å². The van der Waals surface area contributed by atoms with Crippen molar-refractivity contribution in [3.63, 3.8) is 0 Å². The Hall–Kier alpha value is -0.790. The lowest BCUT2D eigenvalue weighted by Gasteiger charge is -2.56. The van der Waals surface area contributed by atoms with Crippen molar-refractivity contribution in [1.82, 2.24) is 10.2 Å². The first-order chi connectivity index (χ1) is 7.75. The van der Waals surface area contributed by atoms with Gasteiger partial charge in [-0.2, -0.15) is 5.10 Å². The zero-order valence-corrected chi connectivity index (χ0v) is 10.00. The summed E-state index contributed by atoms with van der Waals surface area (Å²) in [5.41, 5.74) is 3.36. The largest absolute Gasteiger partial charge is 0.282 e. The second kappa shape index (κ2) is 2.91. The van der Waals surface area contributed by atoms with Gasteiger partial charge in [0.05, 0.1) is 6.20 Å². The average Bonchev–Trinajstić information content (AvgIpc) is 2.62. The molecule has 1 aromatic heterocycles. The molecule has 0 amide bonds. The predicted octanol–water partition coefficient (Wildman–Crippen LogP) is 3.19. The van der Waals surface area contributed by atoms with Crippen LogP contribution in [0.2, 0.25) is 0 Å². The van der Waals surface area contributed by atoms with Gasteiger partial charge in [-0.15, -0.1) is 0 Å². The molecule has 86 valence electrons. The van der Waals surface area contributed by atoms with Crippen molar-refractivity contribution in [2.45, 2.75) is 50.9 Å². The maximum atomic E-state index is 4.25. The Bertz CT molecular complexity index is 383. The molecule has 0 atom stereocenters. The lowest BCUT2D eigenvalue weighted by molar-refractivity contribution is -0.00749. The van der Waals surface area contributed by atoms with E-state index in [0.717, 1.165) is 17.8 Å². The number of nitrogens with zero attached hydrogens (tertiary/aromatic N) is 1. The summed E-state index contributed by atoms with van der Waals surface area (Å²) in [7, 11) is 0.